The second-order valence-electron chi connectivity index (χ2n) is 3.70. The van der Waals surface area contributed by atoms with Gasteiger partial charge in [-0.05, 0) is 41.5 Å². The molecular weight excluding hydrogens is 234 g/mol. The van der Waals surface area contributed by atoms with Crippen LogP contribution >= 0.6 is 0 Å². The van der Waals surface area contributed by atoms with Crippen molar-refractivity contribution in [2.45, 2.75) is 6.92 Å². The zero-order valence-corrected chi connectivity index (χ0v) is 9.58. The molecule has 4 N–H and O–H groups in total. The van der Waals surface area contributed by atoms with E-state index in [0.717, 1.165) is 17.2 Å². The second-order valence-corrected chi connectivity index (χ2v) is 3.70. The summed E-state index contributed by atoms with van der Waals surface area (Å²) in [6, 6.07) is 3.53. The molecule has 0 saturated heterocycles. The van der Waals surface area contributed by atoms with Crippen LogP contribution in [-0.2, 0) is 4.79 Å². The standard InChI is InChI=1S/C11H11N5O2/c1-6-4-8(11-13-15-16-14-11)5-7(10(6)12)2-3-9(17)18/h2-5H,12H2,1H3,(H,17,18)(H,13,14,15,16). The van der Waals surface area contributed by atoms with Crippen molar-refractivity contribution in [1.82, 2.24) is 20.6 Å². The normalized spacial score (nSPS) is 10.9. The fourth-order valence-corrected chi connectivity index (χ4v) is 1.54. The summed E-state index contributed by atoms with van der Waals surface area (Å²) in [7, 11) is 0. The van der Waals surface area contributed by atoms with Gasteiger partial charge in [-0.2, -0.15) is 5.21 Å². The molecule has 0 amide bonds. The molecule has 18 heavy (non-hydrogen) atoms. The Morgan fingerprint density at radius 1 is 1.50 bits per heavy atom. The lowest BCUT2D eigenvalue weighted by Gasteiger charge is -2.06. The number of carboxylic acid groups (broad SMARTS) is 1. The number of hydrogen-bond acceptors (Lipinski definition) is 5. The number of nitrogen functional groups attached to an aromatic ring is 1. The van der Waals surface area contributed by atoms with Gasteiger partial charge in [-0.25, -0.2) is 4.79 Å². The summed E-state index contributed by atoms with van der Waals surface area (Å²) < 4.78 is 0. The Kier molecular flexibility index (Phi) is 3.05. The monoisotopic (exact) mass is 245 g/mol. The van der Waals surface area contributed by atoms with Crippen LogP contribution in [0.3, 0.4) is 0 Å². The Morgan fingerprint density at radius 2 is 2.28 bits per heavy atom. The molecule has 0 radical (unpaired) electrons. The van der Waals surface area contributed by atoms with Gasteiger partial charge in [-0.15, -0.1) is 10.2 Å². The number of benzene rings is 1. The zero-order valence-electron chi connectivity index (χ0n) is 9.58. The highest BCUT2D eigenvalue weighted by molar-refractivity contribution is 5.87. The number of rotatable bonds is 3. The average molecular weight is 245 g/mol. The van der Waals surface area contributed by atoms with Crippen molar-refractivity contribution in [3.63, 3.8) is 0 Å². The van der Waals surface area contributed by atoms with E-state index in [-0.39, 0.29) is 0 Å². The number of nitrogens with one attached hydrogen (secondary N) is 1. The lowest BCUT2D eigenvalue weighted by molar-refractivity contribution is -0.131. The second kappa shape index (κ2) is 4.66. The number of anilines is 1. The Hall–Kier alpha value is -2.70. The van der Waals surface area contributed by atoms with Crippen molar-refractivity contribution in [2.75, 3.05) is 5.73 Å². The van der Waals surface area contributed by atoms with Crippen LogP contribution in [0.15, 0.2) is 18.2 Å². The number of carboxylic acids is 1. The quantitative estimate of drug-likeness (QED) is 0.545. The number of aromatic amines is 1. The fourth-order valence-electron chi connectivity index (χ4n) is 1.54. The molecule has 0 unspecified atom stereocenters. The summed E-state index contributed by atoms with van der Waals surface area (Å²) in [5.74, 6) is -0.597. The highest BCUT2D eigenvalue weighted by Gasteiger charge is 2.08. The third-order valence-electron chi connectivity index (χ3n) is 2.43. The molecule has 0 saturated carbocycles. The number of aliphatic carboxylic acids is 1. The Labute approximate surface area is 102 Å². The number of H-pyrrole nitrogens is 1. The average Bonchev–Trinajstić information content (AvgIpc) is 2.84. The van der Waals surface area contributed by atoms with Gasteiger partial charge in [0, 0.05) is 17.3 Å². The molecule has 0 aliphatic heterocycles. The molecule has 1 aromatic heterocycles. The number of carbonyl (C=O) groups is 1. The number of aromatic nitrogens is 4. The van der Waals surface area contributed by atoms with Gasteiger partial charge in [0.15, 0.2) is 0 Å². The van der Waals surface area contributed by atoms with Crippen LogP contribution in [0.5, 0.6) is 0 Å². The van der Waals surface area contributed by atoms with Gasteiger partial charge < -0.3 is 10.8 Å². The summed E-state index contributed by atoms with van der Waals surface area (Å²) in [6.45, 7) is 1.83. The molecule has 0 atom stereocenters. The maximum absolute atomic E-state index is 10.5. The molecule has 7 heteroatoms. The first-order valence-electron chi connectivity index (χ1n) is 5.13. The Morgan fingerprint density at radius 3 is 2.89 bits per heavy atom. The highest BCUT2D eigenvalue weighted by Crippen LogP contribution is 2.25. The Balaban J connectivity index is 2.50. The minimum absolute atomic E-state index is 0.433. The number of aryl methyl sites for hydroxylation is 1. The molecule has 2 rings (SSSR count). The van der Waals surface area contributed by atoms with E-state index in [1.165, 1.54) is 6.08 Å². The van der Waals surface area contributed by atoms with Crippen molar-refractivity contribution in [1.29, 1.82) is 0 Å². The third kappa shape index (κ3) is 2.34. The van der Waals surface area contributed by atoms with Crippen molar-refractivity contribution < 1.29 is 9.90 Å². The smallest absolute Gasteiger partial charge is 0.328 e. The molecule has 0 bridgehead atoms. The lowest BCUT2D eigenvalue weighted by Crippen LogP contribution is -1.96. The van der Waals surface area contributed by atoms with E-state index >= 15 is 0 Å². The van der Waals surface area contributed by atoms with Gasteiger partial charge in [-0.1, -0.05) is 0 Å². The van der Waals surface area contributed by atoms with E-state index in [2.05, 4.69) is 20.6 Å². The molecule has 0 fully saturated rings. The van der Waals surface area contributed by atoms with Crippen LogP contribution in [-0.4, -0.2) is 31.7 Å². The fraction of sp³-hybridized carbons (Fsp3) is 0.0909. The molecule has 0 aliphatic rings. The minimum atomic E-state index is -1.03. The van der Waals surface area contributed by atoms with Crippen LogP contribution in [0.2, 0.25) is 0 Å². The van der Waals surface area contributed by atoms with E-state index in [1.54, 1.807) is 6.07 Å². The van der Waals surface area contributed by atoms with E-state index in [0.29, 0.717) is 17.1 Å². The molecule has 2 aromatic rings. The summed E-state index contributed by atoms with van der Waals surface area (Å²) in [4.78, 5) is 10.5. The predicted molar refractivity (Wildman–Crippen MR) is 65.4 cm³/mol. The van der Waals surface area contributed by atoms with Gasteiger partial charge in [-0.3, -0.25) is 0 Å². The first-order valence-corrected chi connectivity index (χ1v) is 5.13. The Bertz CT molecular complexity index is 604. The first-order chi connectivity index (χ1) is 8.58. The zero-order chi connectivity index (χ0) is 13.1. The van der Waals surface area contributed by atoms with Gasteiger partial charge in [0.25, 0.3) is 0 Å². The summed E-state index contributed by atoms with van der Waals surface area (Å²) in [6.07, 6.45) is 2.47. The van der Waals surface area contributed by atoms with Crippen LogP contribution in [0.4, 0.5) is 5.69 Å². The summed E-state index contributed by atoms with van der Waals surface area (Å²) in [5.41, 5.74) is 8.56. The first kappa shape index (κ1) is 11.8. The molecule has 0 spiro atoms. The number of nitrogens with two attached hydrogens (primary N) is 1. The van der Waals surface area contributed by atoms with E-state index in [9.17, 15) is 4.79 Å². The largest absolute Gasteiger partial charge is 0.478 e. The van der Waals surface area contributed by atoms with E-state index < -0.39 is 5.97 Å². The van der Waals surface area contributed by atoms with E-state index in [1.807, 2.05) is 13.0 Å². The highest BCUT2D eigenvalue weighted by atomic mass is 16.4. The topological polar surface area (TPSA) is 118 Å². The lowest BCUT2D eigenvalue weighted by atomic mass is 10.0. The van der Waals surface area contributed by atoms with E-state index in [4.69, 9.17) is 10.8 Å². The van der Waals surface area contributed by atoms with Crippen molar-refractivity contribution in [2.24, 2.45) is 0 Å². The number of tetrazole rings is 1. The van der Waals surface area contributed by atoms with Crippen molar-refractivity contribution in [3.05, 3.63) is 29.3 Å². The molecule has 1 heterocycles. The SMILES string of the molecule is Cc1cc(-c2nn[nH]n2)cc(C=CC(=O)O)c1N. The maximum atomic E-state index is 10.5. The summed E-state index contributed by atoms with van der Waals surface area (Å²) in [5, 5.41) is 22.2. The van der Waals surface area contributed by atoms with Crippen LogP contribution in [0.1, 0.15) is 11.1 Å². The van der Waals surface area contributed by atoms with Crippen LogP contribution < -0.4 is 5.73 Å². The number of nitrogens with zero attached hydrogens (tertiary/aromatic N) is 3. The van der Waals surface area contributed by atoms with Crippen LogP contribution in [0.25, 0.3) is 17.5 Å². The third-order valence-corrected chi connectivity index (χ3v) is 2.43. The van der Waals surface area contributed by atoms with Gasteiger partial charge in [0.05, 0.1) is 0 Å². The van der Waals surface area contributed by atoms with Crippen LogP contribution in [0, 0.1) is 6.92 Å². The molecule has 1 aromatic carbocycles. The van der Waals surface area contributed by atoms with Crippen molar-refractivity contribution >= 4 is 17.7 Å². The molecule has 92 valence electrons. The summed E-state index contributed by atoms with van der Waals surface area (Å²) >= 11 is 0. The van der Waals surface area contributed by atoms with Gasteiger partial charge in [0.1, 0.15) is 0 Å². The maximum Gasteiger partial charge on any atom is 0.328 e. The molecular formula is C11H11N5O2. The number of hydrogen-bond donors (Lipinski definition) is 3. The molecule has 7 nitrogen and oxygen atoms in total. The van der Waals surface area contributed by atoms with Gasteiger partial charge >= 0.3 is 5.97 Å². The predicted octanol–water partition coefficient (Wildman–Crippen LogP) is 0.855. The minimum Gasteiger partial charge on any atom is -0.478 e. The molecule has 0 aliphatic carbocycles. The van der Waals surface area contributed by atoms with Gasteiger partial charge in [0.2, 0.25) is 5.82 Å². The van der Waals surface area contributed by atoms with Crippen molar-refractivity contribution in [3.8, 4) is 11.4 Å².